The lowest BCUT2D eigenvalue weighted by Crippen LogP contribution is -1.86. The average molecular weight is 85.1 g/mol. The van der Waals surface area contributed by atoms with Crippen LogP contribution >= 0.6 is 0 Å². The summed E-state index contributed by atoms with van der Waals surface area (Å²) >= 11 is 0. The summed E-state index contributed by atoms with van der Waals surface area (Å²) in [6.45, 7) is 2.71. The molecule has 0 aliphatic heterocycles. The molecular weight excluding hydrogens is 78.0 g/mol. The van der Waals surface area contributed by atoms with Crippen LogP contribution in [-0.4, -0.2) is 13.2 Å². The minimum Gasteiger partial charge on any atom is -0.367 e. The summed E-state index contributed by atoms with van der Waals surface area (Å²) in [6.07, 6.45) is 0. The molecule has 0 unspecified atom stereocenters. The van der Waals surface area contributed by atoms with Gasteiger partial charge in [-0.1, -0.05) is 0 Å². The predicted molar refractivity (Wildman–Crippen MR) is 22.1 cm³/mol. The van der Waals surface area contributed by atoms with Gasteiger partial charge in [-0.15, -0.1) is 0 Å². The molecule has 0 aromatic carbocycles. The lowest BCUT2D eigenvalue weighted by atomic mass is 10.8. The van der Waals surface area contributed by atoms with Crippen molar-refractivity contribution in [1.82, 2.24) is 0 Å². The van der Waals surface area contributed by atoms with E-state index in [1.165, 1.54) is 0 Å². The van der Waals surface area contributed by atoms with Crippen LogP contribution < -0.4 is 0 Å². The van der Waals surface area contributed by atoms with Gasteiger partial charge in [-0.05, 0) is 6.92 Å². The Labute approximate surface area is 37.3 Å². The maximum atomic E-state index is 7.82. The molecular formula is C4H7NO. The van der Waals surface area contributed by atoms with Crippen molar-refractivity contribution in [1.29, 1.82) is 5.26 Å². The molecule has 2 heteroatoms. The van der Waals surface area contributed by atoms with Gasteiger partial charge in [0.15, 0.2) is 0 Å². The molecule has 6 heavy (non-hydrogen) atoms. The third-order valence-electron chi connectivity index (χ3n) is 0.371. The van der Waals surface area contributed by atoms with Crippen LogP contribution in [0.1, 0.15) is 6.92 Å². The largest absolute Gasteiger partial charge is 0.367 e. The second kappa shape index (κ2) is 4.45. The van der Waals surface area contributed by atoms with Gasteiger partial charge in [0, 0.05) is 6.61 Å². The van der Waals surface area contributed by atoms with Crippen molar-refractivity contribution in [3.05, 3.63) is 0 Å². The highest BCUT2D eigenvalue weighted by molar-refractivity contribution is 4.65. The summed E-state index contributed by atoms with van der Waals surface area (Å²) in [5.74, 6) is 0. The summed E-state index contributed by atoms with van der Waals surface area (Å²) in [7, 11) is 0. The number of rotatable bonds is 2. The van der Waals surface area contributed by atoms with E-state index in [0.717, 1.165) is 0 Å². The highest BCUT2D eigenvalue weighted by atomic mass is 16.5. The molecule has 0 bridgehead atoms. The van der Waals surface area contributed by atoms with Crippen molar-refractivity contribution in [2.24, 2.45) is 0 Å². The zero-order valence-electron chi connectivity index (χ0n) is 3.77. The fraction of sp³-hybridized carbons (Fsp3) is 0.750. The van der Waals surface area contributed by atoms with Gasteiger partial charge in [-0.2, -0.15) is 5.26 Å². The normalized spacial score (nSPS) is 7.33. The first kappa shape index (κ1) is 5.45. The third-order valence-corrected chi connectivity index (χ3v) is 0.371. The number of nitrogens with zero attached hydrogens (tertiary/aromatic N) is 1. The van der Waals surface area contributed by atoms with E-state index in [4.69, 9.17) is 5.26 Å². The molecule has 0 amide bonds. The Hall–Kier alpha value is -0.550. The van der Waals surface area contributed by atoms with E-state index in [9.17, 15) is 0 Å². The molecule has 0 saturated heterocycles. The van der Waals surface area contributed by atoms with Gasteiger partial charge in [0.25, 0.3) is 0 Å². The Balaban J connectivity index is 2.54. The van der Waals surface area contributed by atoms with Crippen molar-refractivity contribution >= 4 is 0 Å². The Morgan fingerprint density at radius 2 is 2.50 bits per heavy atom. The van der Waals surface area contributed by atoms with Gasteiger partial charge in [0.05, 0.1) is 6.07 Å². The fourth-order valence-corrected chi connectivity index (χ4v) is 0.148. The van der Waals surface area contributed by atoms with Crippen LogP contribution in [0.3, 0.4) is 0 Å². The zero-order chi connectivity index (χ0) is 4.83. The van der Waals surface area contributed by atoms with Crippen LogP contribution in [0.4, 0.5) is 0 Å². The summed E-state index contributed by atoms with van der Waals surface area (Å²) in [5, 5.41) is 7.82. The predicted octanol–water partition coefficient (Wildman–Crippen LogP) is 0.546. The van der Waals surface area contributed by atoms with E-state index in [0.29, 0.717) is 6.61 Å². The van der Waals surface area contributed by atoms with Gasteiger partial charge in [0.1, 0.15) is 6.61 Å². The lowest BCUT2D eigenvalue weighted by molar-refractivity contribution is 0.181. The van der Waals surface area contributed by atoms with Crippen LogP contribution in [0.2, 0.25) is 0 Å². The average Bonchev–Trinajstić information content (AvgIpc) is 1.61. The van der Waals surface area contributed by atoms with E-state index in [2.05, 4.69) is 4.74 Å². The first-order valence-corrected chi connectivity index (χ1v) is 1.86. The molecule has 0 aliphatic carbocycles. The Morgan fingerprint density at radius 1 is 1.83 bits per heavy atom. The summed E-state index contributed by atoms with van der Waals surface area (Å²) in [6, 6.07) is 1.85. The third kappa shape index (κ3) is 3.45. The van der Waals surface area contributed by atoms with E-state index in [1.807, 2.05) is 13.0 Å². The minimum absolute atomic E-state index is 0.219. The molecule has 0 fully saturated rings. The van der Waals surface area contributed by atoms with Gasteiger partial charge >= 0.3 is 0 Å². The summed E-state index contributed by atoms with van der Waals surface area (Å²) in [4.78, 5) is 0. The number of hydrogen-bond donors (Lipinski definition) is 0. The van der Waals surface area contributed by atoms with Gasteiger partial charge in [0.2, 0.25) is 0 Å². The van der Waals surface area contributed by atoms with Crippen molar-refractivity contribution in [3.8, 4) is 6.07 Å². The van der Waals surface area contributed by atoms with Crippen molar-refractivity contribution < 1.29 is 4.74 Å². The molecule has 0 atom stereocenters. The first-order valence-electron chi connectivity index (χ1n) is 1.86. The molecule has 34 valence electrons. The first-order chi connectivity index (χ1) is 2.91. The molecule has 0 aromatic rings. The molecule has 0 aliphatic rings. The van der Waals surface area contributed by atoms with E-state index in [-0.39, 0.29) is 6.61 Å². The zero-order valence-corrected chi connectivity index (χ0v) is 3.77. The highest BCUT2D eigenvalue weighted by Gasteiger charge is 1.70. The monoisotopic (exact) mass is 85.1 g/mol. The highest BCUT2D eigenvalue weighted by Crippen LogP contribution is 1.65. The van der Waals surface area contributed by atoms with Gasteiger partial charge < -0.3 is 4.74 Å². The van der Waals surface area contributed by atoms with Crippen molar-refractivity contribution in [3.63, 3.8) is 0 Å². The molecule has 0 saturated carbocycles. The Bertz CT molecular complexity index is 55.1. The van der Waals surface area contributed by atoms with Gasteiger partial charge in [-0.3, -0.25) is 0 Å². The molecule has 0 aromatic heterocycles. The second-order valence-electron chi connectivity index (χ2n) is 0.795. The fourth-order valence-electron chi connectivity index (χ4n) is 0.148. The van der Waals surface area contributed by atoms with Crippen LogP contribution in [-0.2, 0) is 4.74 Å². The van der Waals surface area contributed by atoms with Crippen LogP contribution in [0.5, 0.6) is 0 Å². The number of hydrogen-bond acceptors (Lipinski definition) is 2. The second-order valence-corrected chi connectivity index (χ2v) is 0.795. The quantitative estimate of drug-likeness (QED) is 0.458. The maximum Gasteiger partial charge on any atom is 0.133 e. The Kier molecular flexibility index (Phi) is 4.04. The minimum atomic E-state index is 0.219. The molecule has 0 N–H and O–H groups in total. The van der Waals surface area contributed by atoms with E-state index >= 15 is 0 Å². The Morgan fingerprint density at radius 3 is 2.67 bits per heavy atom. The topological polar surface area (TPSA) is 33.0 Å². The lowest BCUT2D eigenvalue weighted by Gasteiger charge is -1.84. The molecule has 2 nitrogen and oxygen atoms in total. The molecule has 0 radical (unpaired) electrons. The smallest absolute Gasteiger partial charge is 0.133 e. The van der Waals surface area contributed by atoms with Crippen LogP contribution in [0, 0.1) is 11.3 Å². The molecule has 0 heterocycles. The molecule has 0 rings (SSSR count). The summed E-state index contributed by atoms with van der Waals surface area (Å²) < 4.78 is 4.62. The SMILES string of the molecule is CCOCC#N. The molecule has 0 spiro atoms. The van der Waals surface area contributed by atoms with Gasteiger partial charge in [-0.25, -0.2) is 0 Å². The van der Waals surface area contributed by atoms with Crippen molar-refractivity contribution in [2.45, 2.75) is 6.92 Å². The van der Waals surface area contributed by atoms with Crippen molar-refractivity contribution in [2.75, 3.05) is 13.2 Å². The van der Waals surface area contributed by atoms with Crippen LogP contribution in [0.25, 0.3) is 0 Å². The summed E-state index contributed by atoms with van der Waals surface area (Å²) in [5.41, 5.74) is 0. The van der Waals surface area contributed by atoms with E-state index < -0.39 is 0 Å². The maximum absolute atomic E-state index is 7.82. The number of ether oxygens (including phenoxy) is 1. The van der Waals surface area contributed by atoms with Crippen LogP contribution in [0.15, 0.2) is 0 Å². The standard InChI is InChI=1S/C4H7NO/c1-2-6-4-3-5/h2,4H2,1H3. The van der Waals surface area contributed by atoms with E-state index in [1.54, 1.807) is 0 Å². The number of nitriles is 1.